The minimum absolute atomic E-state index is 0.0982. The van der Waals surface area contributed by atoms with E-state index in [-0.39, 0.29) is 29.8 Å². The van der Waals surface area contributed by atoms with Crippen molar-refractivity contribution in [3.8, 4) is 0 Å². The smallest absolute Gasteiger partial charge is 0.240 e. The van der Waals surface area contributed by atoms with E-state index in [1.54, 1.807) is 0 Å². The van der Waals surface area contributed by atoms with Gasteiger partial charge in [0.25, 0.3) is 0 Å². The monoisotopic (exact) mass is 514 g/mol. The summed E-state index contributed by atoms with van der Waals surface area (Å²) in [6, 6.07) is -1.08. The first-order chi connectivity index (χ1) is 16.8. The van der Waals surface area contributed by atoms with Gasteiger partial charge in [-0.2, -0.15) is 0 Å². The van der Waals surface area contributed by atoms with E-state index >= 15 is 0 Å². The number of ether oxygens (including phenoxy) is 2. The van der Waals surface area contributed by atoms with Gasteiger partial charge >= 0.3 is 0 Å². The van der Waals surface area contributed by atoms with Crippen LogP contribution < -0.4 is 10.6 Å². The summed E-state index contributed by atoms with van der Waals surface area (Å²) in [6.07, 6.45) is 2.88. The lowest BCUT2D eigenvalue weighted by Crippen LogP contribution is -2.64. The fourth-order valence-corrected chi connectivity index (χ4v) is 7.19. The Morgan fingerprint density at radius 2 is 1.91 bits per heavy atom. The Hall–Kier alpha value is -0.720. The van der Waals surface area contributed by atoms with E-state index in [2.05, 4.69) is 24.5 Å². The molecular weight excluding hydrogens is 472 g/mol. The van der Waals surface area contributed by atoms with Crippen molar-refractivity contribution in [3.63, 3.8) is 0 Å². The van der Waals surface area contributed by atoms with Crippen LogP contribution in [0.4, 0.5) is 0 Å². The van der Waals surface area contributed by atoms with Gasteiger partial charge in [-0.15, -0.1) is 11.8 Å². The maximum Gasteiger partial charge on any atom is 0.240 e. The van der Waals surface area contributed by atoms with Crippen LogP contribution in [0.15, 0.2) is 12.2 Å². The van der Waals surface area contributed by atoms with Gasteiger partial charge in [-0.3, -0.25) is 4.79 Å². The Labute approximate surface area is 212 Å². The molecule has 0 aliphatic carbocycles. The van der Waals surface area contributed by atoms with Crippen LogP contribution in [0, 0.1) is 17.8 Å². The Morgan fingerprint density at radius 1 is 1.14 bits per heavy atom. The molecule has 3 saturated heterocycles. The summed E-state index contributed by atoms with van der Waals surface area (Å²) in [5, 5.41) is 47.6. The fraction of sp³-hybridized carbons (Fsp3) is 0.880. The highest BCUT2D eigenvalue weighted by molar-refractivity contribution is 8.00. The molecule has 9 nitrogen and oxygen atoms in total. The van der Waals surface area contributed by atoms with Crippen molar-refractivity contribution in [1.82, 2.24) is 10.6 Å². The molecule has 0 unspecified atom stereocenters. The van der Waals surface area contributed by atoms with Gasteiger partial charge in [0.15, 0.2) is 0 Å². The molecule has 0 aromatic heterocycles. The van der Waals surface area contributed by atoms with Crippen molar-refractivity contribution in [3.05, 3.63) is 12.2 Å². The Morgan fingerprint density at radius 3 is 2.66 bits per heavy atom. The predicted octanol–water partition coefficient (Wildman–Crippen LogP) is 0.152. The summed E-state index contributed by atoms with van der Waals surface area (Å²) in [5.41, 5.74) is -0.821. The first-order valence-corrected chi connectivity index (χ1v) is 14.0. The van der Waals surface area contributed by atoms with Crippen LogP contribution in [0.1, 0.15) is 46.0 Å². The van der Waals surface area contributed by atoms with E-state index < -0.39 is 41.9 Å². The quantitative estimate of drug-likeness (QED) is 0.283. The highest BCUT2D eigenvalue weighted by atomic mass is 32.2. The first-order valence-electron chi connectivity index (χ1n) is 13.0. The third kappa shape index (κ3) is 6.41. The number of aliphatic hydroxyl groups excluding tert-OH is 4. The largest absolute Gasteiger partial charge is 0.395 e. The van der Waals surface area contributed by atoms with Crippen LogP contribution in [-0.4, -0.2) is 99.4 Å². The maximum absolute atomic E-state index is 13.4. The van der Waals surface area contributed by atoms with Gasteiger partial charge in [-0.1, -0.05) is 26.0 Å². The molecule has 10 heteroatoms. The number of hydrogen-bond acceptors (Lipinski definition) is 9. The molecular formula is C25H42N2O7S. The number of carbonyl (C=O) groups is 1. The fourth-order valence-electron chi connectivity index (χ4n) is 5.99. The molecule has 0 aromatic carbocycles. The van der Waals surface area contributed by atoms with Crippen LogP contribution in [0.25, 0.3) is 0 Å². The van der Waals surface area contributed by atoms with Crippen molar-refractivity contribution in [2.45, 2.75) is 99.2 Å². The molecule has 0 saturated carbocycles. The molecule has 0 radical (unpaired) electrons. The number of allylic oxidation sites excluding steroid dienone is 1. The van der Waals surface area contributed by atoms with Crippen LogP contribution in [0.3, 0.4) is 0 Å². The lowest BCUT2D eigenvalue weighted by Gasteiger charge is -2.44. The van der Waals surface area contributed by atoms with Crippen LogP contribution in [0.5, 0.6) is 0 Å². The zero-order chi connectivity index (χ0) is 25.1. The van der Waals surface area contributed by atoms with Gasteiger partial charge in [0, 0.05) is 18.4 Å². The lowest BCUT2D eigenvalue weighted by molar-refractivity contribution is -0.205. The van der Waals surface area contributed by atoms with Crippen molar-refractivity contribution >= 4 is 17.7 Å². The minimum Gasteiger partial charge on any atom is -0.395 e. The second-order valence-corrected chi connectivity index (χ2v) is 12.3. The van der Waals surface area contributed by atoms with Crippen LogP contribution >= 0.6 is 11.8 Å². The van der Waals surface area contributed by atoms with Gasteiger partial charge in [-0.25, -0.2) is 0 Å². The van der Waals surface area contributed by atoms with E-state index in [9.17, 15) is 25.2 Å². The van der Waals surface area contributed by atoms with Crippen molar-refractivity contribution in [2.75, 3.05) is 19.8 Å². The van der Waals surface area contributed by atoms with Crippen LogP contribution in [0.2, 0.25) is 0 Å². The Kier molecular flexibility index (Phi) is 9.53. The predicted molar refractivity (Wildman–Crippen MR) is 133 cm³/mol. The highest BCUT2D eigenvalue weighted by Gasteiger charge is 2.49. The zero-order valence-electron chi connectivity index (χ0n) is 20.7. The molecule has 11 atom stereocenters. The van der Waals surface area contributed by atoms with Crippen molar-refractivity contribution in [1.29, 1.82) is 0 Å². The van der Waals surface area contributed by atoms with Gasteiger partial charge in [-0.05, 0) is 49.9 Å². The molecule has 4 aliphatic rings. The topological polar surface area (TPSA) is 141 Å². The number of fused-ring (bicyclic) bond motifs is 3. The first kappa shape index (κ1) is 27.3. The number of hydrogen-bond donors (Lipinski definition) is 6. The second-order valence-electron chi connectivity index (χ2n) is 10.9. The average molecular weight is 515 g/mol. The van der Waals surface area contributed by atoms with E-state index in [0.717, 1.165) is 19.4 Å². The molecule has 35 heavy (non-hydrogen) atoms. The molecule has 4 aliphatic heterocycles. The van der Waals surface area contributed by atoms with Crippen molar-refractivity contribution < 1.29 is 34.7 Å². The van der Waals surface area contributed by atoms with E-state index in [1.807, 2.05) is 12.2 Å². The summed E-state index contributed by atoms with van der Waals surface area (Å²) in [4.78, 5) is 13.4. The maximum atomic E-state index is 13.4. The average Bonchev–Trinajstić information content (AvgIpc) is 3.11. The van der Waals surface area contributed by atoms with Gasteiger partial charge < -0.3 is 40.5 Å². The molecule has 0 aromatic rings. The van der Waals surface area contributed by atoms with E-state index in [4.69, 9.17) is 9.47 Å². The third-order valence-corrected chi connectivity index (χ3v) is 9.15. The number of nitrogens with one attached hydrogen (secondary N) is 2. The number of thioether (sulfide) groups is 1. The zero-order valence-corrected chi connectivity index (χ0v) is 21.5. The van der Waals surface area contributed by atoms with E-state index in [0.29, 0.717) is 31.3 Å². The SMILES string of the molecule is CC(C)C[C@@H]1CCO[C@@H]2[C@H](CN[C@@H]2C(=O)N[C@@H]2CC=CC[C@H](CO)S[C@H]3O[C@H]2[C@H](O)[C@H](O)[C@H]3O)C1. The molecule has 4 heterocycles. The van der Waals surface area contributed by atoms with Gasteiger partial charge in [0.2, 0.25) is 5.91 Å². The summed E-state index contributed by atoms with van der Waals surface area (Å²) < 4.78 is 12.2. The Bertz CT molecular complexity index is 741. The summed E-state index contributed by atoms with van der Waals surface area (Å²) in [7, 11) is 0. The molecule has 6 N–H and O–H groups in total. The third-order valence-electron chi connectivity index (χ3n) is 7.77. The highest BCUT2D eigenvalue weighted by Crippen LogP contribution is 2.36. The standard InChI is InChI=1S/C25H42N2O7S/c1-13(2)9-14-7-8-33-22-15(10-14)11-26-18(22)24(32)27-17-6-4-3-5-16(12-28)35-25-21(31)19(29)20(30)23(17)34-25/h3-4,13-23,25-26,28-31H,5-12H2,1-2H3,(H,27,32)/t14-,15-,16+,17+,18-,19-,20+,21+,22+,23+,25+/m0/s1. The van der Waals surface area contributed by atoms with Gasteiger partial charge in [0.05, 0.1) is 18.8 Å². The number of amides is 1. The number of rotatable bonds is 5. The molecule has 4 rings (SSSR count). The van der Waals surface area contributed by atoms with Crippen molar-refractivity contribution in [2.24, 2.45) is 17.8 Å². The molecule has 0 spiro atoms. The van der Waals surface area contributed by atoms with E-state index in [1.165, 1.54) is 18.2 Å². The molecule has 3 fully saturated rings. The molecule has 2 bridgehead atoms. The normalized spacial score (nSPS) is 44.5. The Balaban J connectivity index is 1.46. The molecule has 1 amide bonds. The summed E-state index contributed by atoms with van der Waals surface area (Å²) >= 11 is 1.24. The second kappa shape index (κ2) is 12.2. The number of carbonyl (C=O) groups excluding carboxylic acids is 1. The minimum atomic E-state index is -1.41. The molecule has 200 valence electrons. The van der Waals surface area contributed by atoms with Gasteiger partial charge in [0.1, 0.15) is 35.9 Å². The lowest BCUT2D eigenvalue weighted by atomic mass is 9.85. The summed E-state index contributed by atoms with van der Waals surface area (Å²) in [5.74, 6) is 1.32. The summed E-state index contributed by atoms with van der Waals surface area (Å²) in [6.45, 7) is 5.76. The van der Waals surface area contributed by atoms with Crippen LogP contribution in [-0.2, 0) is 14.3 Å². The number of aliphatic hydroxyl groups is 4.